The first-order valence-corrected chi connectivity index (χ1v) is 6.13. The van der Waals surface area contributed by atoms with E-state index in [1.54, 1.807) is 36.4 Å². The molecule has 1 aromatic rings. The zero-order valence-electron chi connectivity index (χ0n) is 10.4. The zero-order chi connectivity index (χ0) is 13.0. The first kappa shape index (κ1) is 12.5. The fraction of sp³-hybridized carbons (Fsp3) is 0.462. The van der Waals surface area contributed by atoms with Crippen LogP contribution in [-0.4, -0.2) is 34.8 Å². The van der Waals surface area contributed by atoms with Crippen molar-refractivity contribution in [1.29, 1.82) is 0 Å². The SMILES string of the molecule is CC(=O)N1CCCC(C(=O)Nc2cccnc2)C1. The highest BCUT2D eigenvalue weighted by molar-refractivity contribution is 5.92. The molecule has 0 saturated carbocycles. The molecule has 2 rings (SSSR count). The Hall–Kier alpha value is -1.91. The molecule has 1 N–H and O–H groups in total. The van der Waals surface area contributed by atoms with Crippen LogP contribution in [0.5, 0.6) is 0 Å². The molecule has 0 spiro atoms. The molecule has 2 amide bonds. The Balaban J connectivity index is 1.95. The van der Waals surface area contributed by atoms with Crippen molar-refractivity contribution in [1.82, 2.24) is 9.88 Å². The summed E-state index contributed by atoms with van der Waals surface area (Å²) in [6.07, 6.45) is 4.98. The van der Waals surface area contributed by atoms with Crippen LogP contribution in [0.2, 0.25) is 0 Å². The molecular formula is C13H17N3O2. The molecule has 0 aromatic carbocycles. The largest absolute Gasteiger partial charge is 0.342 e. The van der Waals surface area contributed by atoms with E-state index >= 15 is 0 Å². The van der Waals surface area contributed by atoms with Crippen LogP contribution >= 0.6 is 0 Å². The van der Waals surface area contributed by atoms with Gasteiger partial charge in [-0.3, -0.25) is 14.6 Å². The average molecular weight is 247 g/mol. The normalized spacial score (nSPS) is 19.4. The number of aromatic nitrogens is 1. The van der Waals surface area contributed by atoms with Gasteiger partial charge in [-0.2, -0.15) is 0 Å². The van der Waals surface area contributed by atoms with Crippen LogP contribution in [0, 0.1) is 5.92 Å². The Kier molecular flexibility index (Phi) is 3.92. The second-order valence-corrected chi connectivity index (χ2v) is 4.54. The molecule has 1 aliphatic rings. The van der Waals surface area contributed by atoms with Gasteiger partial charge in [0.05, 0.1) is 17.8 Å². The van der Waals surface area contributed by atoms with E-state index in [-0.39, 0.29) is 17.7 Å². The quantitative estimate of drug-likeness (QED) is 0.856. The number of carbonyl (C=O) groups excluding carboxylic acids is 2. The first-order chi connectivity index (χ1) is 8.66. The lowest BCUT2D eigenvalue weighted by Gasteiger charge is -2.31. The molecular weight excluding hydrogens is 230 g/mol. The number of hydrogen-bond donors (Lipinski definition) is 1. The summed E-state index contributed by atoms with van der Waals surface area (Å²) in [5.41, 5.74) is 0.697. The van der Waals surface area contributed by atoms with Crippen LogP contribution in [0.15, 0.2) is 24.5 Å². The summed E-state index contributed by atoms with van der Waals surface area (Å²) in [5.74, 6) is -0.120. The minimum Gasteiger partial charge on any atom is -0.342 e. The first-order valence-electron chi connectivity index (χ1n) is 6.13. The molecule has 1 atom stereocenters. The van der Waals surface area contributed by atoms with E-state index in [2.05, 4.69) is 10.3 Å². The van der Waals surface area contributed by atoms with Gasteiger partial charge in [-0.1, -0.05) is 0 Å². The molecule has 1 fully saturated rings. The molecule has 1 aliphatic heterocycles. The highest BCUT2D eigenvalue weighted by Crippen LogP contribution is 2.18. The second kappa shape index (κ2) is 5.62. The number of nitrogens with one attached hydrogen (secondary N) is 1. The molecule has 18 heavy (non-hydrogen) atoms. The Morgan fingerprint density at radius 2 is 2.33 bits per heavy atom. The molecule has 5 nitrogen and oxygen atoms in total. The number of anilines is 1. The average Bonchev–Trinajstić information content (AvgIpc) is 2.40. The van der Waals surface area contributed by atoms with Crippen LogP contribution in [0.1, 0.15) is 19.8 Å². The molecule has 0 radical (unpaired) electrons. The van der Waals surface area contributed by atoms with E-state index in [1.807, 2.05) is 0 Å². The number of carbonyl (C=O) groups is 2. The minimum absolute atomic E-state index is 0.0334. The number of nitrogens with zero attached hydrogens (tertiary/aromatic N) is 2. The Bertz CT molecular complexity index is 433. The third-order valence-electron chi connectivity index (χ3n) is 3.17. The molecule has 1 saturated heterocycles. The minimum atomic E-state index is -0.122. The van der Waals surface area contributed by atoms with Gasteiger partial charge in [0.1, 0.15) is 0 Å². The van der Waals surface area contributed by atoms with Gasteiger partial charge in [-0.15, -0.1) is 0 Å². The maximum absolute atomic E-state index is 12.1. The summed E-state index contributed by atoms with van der Waals surface area (Å²) in [6, 6.07) is 3.58. The van der Waals surface area contributed by atoms with Gasteiger partial charge in [-0.05, 0) is 25.0 Å². The molecule has 2 heterocycles. The van der Waals surface area contributed by atoms with Crippen LogP contribution in [0.3, 0.4) is 0 Å². The smallest absolute Gasteiger partial charge is 0.229 e. The number of rotatable bonds is 2. The Labute approximate surface area is 106 Å². The summed E-state index contributed by atoms with van der Waals surface area (Å²) >= 11 is 0. The highest BCUT2D eigenvalue weighted by Gasteiger charge is 2.26. The lowest BCUT2D eigenvalue weighted by atomic mass is 9.97. The molecule has 0 bridgehead atoms. The highest BCUT2D eigenvalue weighted by atomic mass is 16.2. The zero-order valence-corrected chi connectivity index (χ0v) is 10.4. The van der Waals surface area contributed by atoms with Crippen molar-refractivity contribution in [3.8, 4) is 0 Å². The Morgan fingerprint density at radius 1 is 1.50 bits per heavy atom. The van der Waals surface area contributed by atoms with Crippen LogP contribution in [-0.2, 0) is 9.59 Å². The molecule has 5 heteroatoms. The molecule has 1 aromatic heterocycles. The number of hydrogen-bond acceptors (Lipinski definition) is 3. The van der Waals surface area contributed by atoms with E-state index in [1.165, 1.54) is 0 Å². The molecule has 1 unspecified atom stereocenters. The maximum Gasteiger partial charge on any atom is 0.229 e. The predicted molar refractivity (Wildman–Crippen MR) is 67.8 cm³/mol. The lowest BCUT2D eigenvalue weighted by molar-refractivity contribution is -0.132. The summed E-state index contributed by atoms with van der Waals surface area (Å²) in [6.45, 7) is 2.81. The van der Waals surface area contributed by atoms with Crippen LogP contribution in [0.25, 0.3) is 0 Å². The maximum atomic E-state index is 12.1. The van der Waals surface area contributed by atoms with E-state index in [0.29, 0.717) is 12.2 Å². The van der Waals surface area contributed by atoms with Crippen molar-refractivity contribution >= 4 is 17.5 Å². The summed E-state index contributed by atoms with van der Waals surface area (Å²) in [7, 11) is 0. The number of amides is 2. The fourth-order valence-corrected chi connectivity index (χ4v) is 2.16. The third kappa shape index (κ3) is 3.06. The van der Waals surface area contributed by atoms with Gasteiger partial charge >= 0.3 is 0 Å². The monoisotopic (exact) mass is 247 g/mol. The second-order valence-electron chi connectivity index (χ2n) is 4.54. The van der Waals surface area contributed by atoms with Gasteiger partial charge in [-0.25, -0.2) is 0 Å². The molecule has 96 valence electrons. The third-order valence-corrected chi connectivity index (χ3v) is 3.17. The number of piperidine rings is 1. The van der Waals surface area contributed by atoms with Crippen LogP contribution in [0.4, 0.5) is 5.69 Å². The number of pyridine rings is 1. The van der Waals surface area contributed by atoms with Crippen molar-refractivity contribution in [2.24, 2.45) is 5.92 Å². The Morgan fingerprint density at radius 3 is 3.00 bits per heavy atom. The standard InChI is InChI=1S/C13H17N3O2/c1-10(17)16-7-3-4-11(9-16)13(18)15-12-5-2-6-14-8-12/h2,5-6,8,11H,3-4,7,9H2,1H3,(H,15,18). The number of likely N-dealkylation sites (tertiary alicyclic amines) is 1. The van der Waals surface area contributed by atoms with Crippen LogP contribution < -0.4 is 5.32 Å². The van der Waals surface area contributed by atoms with Gasteiger partial charge in [0, 0.05) is 26.2 Å². The predicted octanol–water partition coefficient (Wildman–Crippen LogP) is 1.28. The van der Waals surface area contributed by atoms with Gasteiger partial charge < -0.3 is 10.2 Å². The van der Waals surface area contributed by atoms with Crippen molar-refractivity contribution < 1.29 is 9.59 Å². The summed E-state index contributed by atoms with van der Waals surface area (Å²) < 4.78 is 0. The van der Waals surface area contributed by atoms with Crippen molar-refractivity contribution in [3.63, 3.8) is 0 Å². The van der Waals surface area contributed by atoms with E-state index < -0.39 is 0 Å². The lowest BCUT2D eigenvalue weighted by Crippen LogP contribution is -2.42. The van der Waals surface area contributed by atoms with E-state index in [4.69, 9.17) is 0 Å². The summed E-state index contributed by atoms with van der Waals surface area (Å²) in [4.78, 5) is 29.0. The fourth-order valence-electron chi connectivity index (χ4n) is 2.16. The molecule has 0 aliphatic carbocycles. The van der Waals surface area contributed by atoms with E-state index in [9.17, 15) is 9.59 Å². The van der Waals surface area contributed by atoms with Gasteiger partial charge in [0.2, 0.25) is 11.8 Å². The topological polar surface area (TPSA) is 62.3 Å². The van der Waals surface area contributed by atoms with E-state index in [0.717, 1.165) is 19.4 Å². The summed E-state index contributed by atoms with van der Waals surface area (Å²) in [5, 5.41) is 2.83. The van der Waals surface area contributed by atoms with Gasteiger partial charge in [0.25, 0.3) is 0 Å². The van der Waals surface area contributed by atoms with Crippen molar-refractivity contribution in [3.05, 3.63) is 24.5 Å². The van der Waals surface area contributed by atoms with Crippen molar-refractivity contribution in [2.45, 2.75) is 19.8 Å². The van der Waals surface area contributed by atoms with Crippen molar-refractivity contribution in [2.75, 3.05) is 18.4 Å². The van der Waals surface area contributed by atoms with Gasteiger partial charge in [0.15, 0.2) is 0 Å².